The van der Waals surface area contributed by atoms with E-state index in [1.165, 1.54) is 0 Å². The van der Waals surface area contributed by atoms with E-state index in [9.17, 15) is 5.11 Å². The molecule has 0 amide bonds. The number of nitrogens with zero attached hydrogens (tertiary/aromatic N) is 2. The first kappa shape index (κ1) is 7.16. The van der Waals surface area contributed by atoms with Gasteiger partial charge in [-0.25, -0.2) is 4.98 Å². The lowest BCUT2D eigenvalue weighted by Gasteiger charge is -1.99. The predicted molar refractivity (Wildman–Crippen MR) is 47.1 cm³/mol. The van der Waals surface area contributed by atoms with Gasteiger partial charge in [0.1, 0.15) is 11.4 Å². The van der Waals surface area contributed by atoms with E-state index >= 15 is 0 Å². The summed E-state index contributed by atoms with van der Waals surface area (Å²) in [7, 11) is 1.94. The molecule has 1 N–H and O–H groups in total. The molecule has 0 bridgehead atoms. The maximum atomic E-state index is 9.35. The van der Waals surface area contributed by atoms with Crippen LogP contribution in [0.1, 0.15) is 5.69 Å². The van der Waals surface area contributed by atoms with Gasteiger partial charge in [0, 0.05) is 18.6 Å². The fourth-order valence-electron chi connectivity index (χ4n) is 1.26. The predicted octanol–water partition coefficient (Wildman–Crippen LogP) is 1.59. The van der Waals surface area contributed by atoms with Gasteiger partial charge in [-0.1, -0.05) is 0 Å². The van der Waals surface area contributed by atoms with Gasteiger partial charge in [0.2, 0.25) is 0 Å². The zero-order valence-electron chi connectivity index (χ0n) is 7.07. The number of hydrogen-bond donors (Lipinski definition) is 1. The standard InChI is InChI=1S/C9H10N2O/c1-6-8(12)5-7-3-4-11(2)9(7)10-6/h3-5,12H,1-2H3. The topological polar surface area (TPSA) is 38.0 Å². The first-order valence-corrected chi connectivity index (χ1v) is 3.80. The third kappa shape index (κ3) is 0.863. The monoisotopic (exact) mass is 162 g/mol. The van der Waals surface area contributed by atoms with Crippen molar-refractivity contribution in [2.45, 2.75) is 6.92 Å². The molecule has 0 spiro atoms. The molecular weight excluding hydrogens is 152 g/mol. The maximum absolute atomic E-state index is 9.35. The largest absolute Gasteiger partial charge is 0.506 e. The minimum Gasteiger partial charge on any atom is -0.506 e. The summed E-state index contributed by atoms with van der Waals surface area (Å²) in [4.78, 5) is 4.25. The minimum atomic E-state index is 0.258. The van der Waals surface area contributed by atoms with Crippen molar-refractivity contribution in [1.29, 1.82) is 0 Å². The van der Waals surface area contributed by atoms with Gasteiger partial charge in [0.25, 0.3) is 0 Å². The first-order valence-electron chi connectivity index (χ1n) is 3.80. The molecule has 0 saturated carbocycles. The van der Waals surface area contributed by atoms with Crippen molar-refractivity contribution in [3.8, 4) is 5.75 Å². The Balaban J connectivity index is 2.87. The third-order valence-electron chi connectivity index (χ3n) is 2.01. The number of pyridine rings is 1. The van der Waals surface area contributed by atoms with Crippen LogP contribution in [0.15, 0.2) is 18.3 Å². The Labute approximate surface area is 70.3 Å². The van der Waals surface area contributed by atoms with Crippen LogP contribution in [0.5, 0.6) is 5.75 Å². The summed E-state index contributed by atoms with van der Waals surface area (Å²) in [6, 6.07) is 3.67. The van der Waals surface area contributed by atoms with E-state index in [1.807, 2.05) is 23.9 Å². The van der Waals surface area contributed by atoms with Gasteiger partial charge in [-0.2, -0.15) is 0 Å². The van der Waals surface area contributed by atoms with Crippen LogP contribution in [0.4, 0.5) is 0 Å². The van der Waals surface area contributed by atoms with Crippen molar-refractivity contribution in [2.24, 2.45) is 7.05 Å². The van der Waals surface area contributed by atoms with Crippen LogP contribution in [0.2, 0.25) is 0 Å². The number of fused-ring (bicyclic) bond motifs is 1. The van der Waals surface area contributed by atoms with Crippen LogP contribution in [0.3, 0.4) is 0 Å². The summed E-state index contributed by atoms with van der Waals surface area (Å²) in [5, 5.41) is 10.3. The van der Waals surface area contributed by atoms with Gasteiger partial charge in [0.15, 0.2) is 0 Å². The van der Waals surface area contributed by atoms with Crippen LogP contribution >= 0.6 is 0 Å². The number of rotatable bonds is 0. The molecule has 12 heavy (non-hydrogen) atoms. The summed E-state index contributed by atoms with van der Waals surface area (Å²) in [6.07, 6.45) is 1.93. The van der Waals surface area contributed by atoms with Crippen LogP contribution in [-0.2, 0) is 7.05 Å². The van der Waals surface area contributed by atoms with Crippen molar-refractivity contribution in [2.75, 3.05) is 0 Å². The second-order valence-electron chi connectivity index (χ2n) is 2.93. The van der Waals surface area contributed by atoms with Gasteiger partial charge >= 0.3 is 0 Å². The third-order valence-corrected chi connectivity index (χ3v) is 2.01. The zero-order chi connectivity index (χ0) is 8.72. The number of aryl methyl sites for hydroxylation is 2. The summed E-state index contributed by atoms with van der Waals surface area (Å²) in [5.41, 5.74) is 1.58. The molecule has 2 rings (SSSR count). The highest BCUT2D eigenvalue weighted by atomic mass is 16.3. The Morgan fingerprint density at radius 3 is 3.00 bits per heavy atom. The Kier molecular flexibility index (Phi) is 1.33. The average molecular weight is 162 g/mol. The second kappa shape index (κ2) is 2.24. The lowest BCUT2D eigenvalue weighted by Crippen LogP contribution is -1.89. The Bertz CT molecular complexity index is 431. The van der Waals surface area contributed by atoms with Crippen molar-refractivity contribution in [3.05, 3.63) is 24.0 Å². The first-order chi connectivity index (χ1) is 5.68. The Hall–Kier alpha value is -1.51. The van der Waals surface area contributed by atoms with E-state index in [2.05, 4.69) is 4.98 Å². The summed E-state index contributed by atoms with van der Waals surface area (Å²) in [6.45, 7) is 1.79. The van der Waals surface area contributed by atoms with Gasteiger partial charge in [0.05, 0.1) is 5.69 Å². The molecule has 0 aromatic carbocycles. The molecule has 3 heteroatoms. The average Bonchev–Trinajstić information content (AvgIpc) is 2.35. The highest BCUT2D eigenvalue weighted by Crippen LogP contribution is 2.20. The molecule has 0 aliphatic carbocycles. The molecule has 0 radical (unpaired) electrons. The van der Waals surface area contributed by atoms with E-state index < -0.39 is 0 Å². The fraction of sp³-hybridized carbons (Fsp3) is 0.222. The molecule has 0 atom stereocenters. The van der Waals surface area contributed by atoms with E-state index in [-0.39, 0.29) is 5.75 Å². The zero-order valence-corrected chi connectivity index (χ0v) is 7.07. The molecule has 0 fully saturated rings. The van der Waals surface area contributed by atoms with Gasteiger partial charge in [-0.05, 0) is 19.1 Å². The maximum Gasteiger partial charge on any atom is 0.140 e. The van der Waals surface area contributed by atoms with Crippen molar-refractivity contribution in [1.82, 2.24) is 9.55 Å². The molecule has 0 aliphatic heterocycles. The van der Waals surface area contributed by atoms with Crippen molar-refractivity contribution in [3.63, 3.8) is 0 Å². The molecule has 0 aliphatic rings. The highest BCUT2D eigenvalue weighted by molar-refractivity contribution is 5.77. The molecular formula is C9H10N2O. The molecule has 2 heterocycles. The smallest absolute Gasteiger partial charge is 0.140 e. The number of aromatic nitrogens is 2. The van der Waals surface area contributed by atoms with Gasteiger partial charge < -0.3 is 9.67 Å². The lowest BCUT2D eigenvalue weighted by molar-refractivity contribution is 0.469. The number of aromatic hydroxyl groups is 1. The fourth-order valence-corrected chi connectivity index (χ4v) is 1.26. The lowest BCUT2D eigenvalue weighted by atomic mass is 10.3. The molecule has 0 unspecified atom stereocenters. The van der Waals surface area contributed by atoms with Crippen LogP contribution in [0.25, 0.3) is 11.0 Å². The second-order valence-corrected chi connectivity index (χ2v) is 2.93. The van der Waals surface area contributed by atoms with E-state index in [1.54, 1.807) is 13.0 Å². The van der Waals surface area contributed by atoms with E-state index in [4.69, 9.17) is 0 Å². The SMILES string of the molecule is Cc1nc2c(ccn2C)cc1O. The number of hydrogen-bond acceptors (Lipinski definition) is 2. The molecule has 2 aromatic rings. The molecule has 0 saturated heterocycles. The normalized spacial score (nSPS) is 10.8. The highest BCUT2D eigenvalue weighted by Gasteiger charge is 2.03. The van der Waals surface area contributed by atoms with Crippen LogP contribution in [0, 0.1) is 6.92 Å². The molecule has 62 valence electrons. The van der Waals surface area contributed by atoms with Gasteiger partial charge in [-0.3, -0.25) is 0 Å². The molecule has 2 aromatic heterocycles. The minimum absolute atomic E-state index is 0.258. The van der Waals surface area contributed by atoms with Crippen molar-refractivity contribution >= 4 is 11.0 Å². The van der Waals surface area contributed by atoms with E-state index in [0.717, 1.165) is 11.0 Å². The van der Waals surface area contributed by atoms with Gasteiger partial charge in [-0.15, -0.1) is 0 Å². The van der Waals surface area contributed by atoms with E-state index in [0.29, 0.717) is 5.69 Å². The quantitative estimate of drug-likeness (QED) is 0.638. The summed E-state index contributed by atoms with van der Waals surface area (Å²) in [5.74, 6) is 0.258. The Morgan fingerprint density at radius 1 is 1.50 bits per heavy atom. The van der Waals surface area contributed by atoms with Crippen LogP contribution < -0.4 is 0 Å². The molecule has 3 nitrogen and oxygen atoms in total. The Morgan fingerprint density at radius 2 is 2.25 bits per heavy atom. The summed E-state index contributed by atoms with van der Waals surface area (Å²) >= 11 is 0. The van der Waals surface area contributed by atoms with Crippen molar-refractivity contribution < 1.29 is 5.11 Å². The summed E-state index contributed by atoms with van der Waals surface area (Å²) < 4.78 is 1.93. The van der Waals surface area contributed by atoms with Crippen LogP contribution in [-0.4, -0.2) is 14.7 Å².